The predicted octanol–water partition coefficient (Wildman–Crippen LogP) is 3.15. The molecule has 0 N–H and O–H groups in total. The van der Waals surface area contributed by atoms with Crippen LogP contribution in [0.3, 0.4) is 0 Å². The third kappa shape index (κ3) is 3.35. The molecule has 1 aromatic rings. The average Bonchev–Trinajstić information content (AvgIpc) is 2.92. The van der Waals surface area contributed by atoms with E-state index in [1.165, 1.54) is 0 Å². The van der Waals surface area contributed by atoms with Gasteiger partial charge in [-0.05, 0) is 57.9 Å². The Morgan fingerprint density at radius 2 is 1.79 bits per heavy atom. The van der Waals surface area contributed by atoms with Crippen molar-refractivity contribution >= 4 is 11.8 Å². The van der Waals surface area contributed by atoms with E-state index in [9.17, 15) is 9.59 Å². The van der Waals surface area contributed by atoms with Crippen LogP contribution in [0.1, 0.15) is 60.9 Å². The second kappa shape index (κ2) is 6.99. The van der Waals surface area contributed by atoms with E-state index in [1.807, 2.05) is 18.7 Å². The molecule has 0 spiro atoms. The Hall–Kier alpha value is -1.78. The number of amides is 2. The van der Waals surface area contributed by atoms with Crippen LogP contribution in [0, 0.1) is 19.8 Å². The lowest BCUT2D eigenvalue weighted by Crippen LogP contribution is -2.54. The summed E-state index contributed by atoms with van der Waals surface area (Å²) in [6.07, 6.45) is 4.86. The van der Waals surface area contributed by atoms with E-state index in [-0.39, 0.29) is 17.9 Å². The number of furan rings is 1. The zero-order valence-corrected chi connectivity index (χ0v) is 15.0. The molecule has 2 amide bonds. The van der Waals surface area contributed by atoms with Crippen LogP contribution < -0.4 is 0 Å². The summed E-state index contributed by atoms with van der Waals surface area (Å²) in [6, 6.07) is 1.48. The van der Waals surface area contributed by atoms with Crippen molar-refractivity contribution in [3.63, 3.8) is 0 Å². The summed E-state index contributed by atoms with van der Waals surface area (Å²) in [7, 11) is 0. The largest absolute Gasteiger partial charge is 0.466 e. The predicted molar refractivity (Wildman–Crippen MR) is 91.8 cm³/mol. The molecular weight excluding hydrogens is 304 g/mol. The van der Waals surface area contributed by atoms with Gasteiger partial charge in [0.1, 0.15) is 17.6 Å². The van der Waals surface area contributed by atoms with Gasteiger partial charge in [0.25, 0.3) is 5.91 Å². The van der Waals surface area contributed by atoms with Crippen LogP contribution in [0.5, 0.6) is 0 Å². The summed E-state index contributed by atoms with van der Waals surface area (Å²) in [5.74, 6) is 2.14. The van der Waals surface area contributed by atoms with Gasteiger partial charge in [-0.2, -0.15) is 0 Å². The van der Waals surface area contributed by atoms with E-state index in [1.54, 1.807) is 11.0 Å². The molecule has 0 bridgehead atoms. The smallest absolute Gasteiger partial charge is 0.258 e. The normalized spacial score (nSPS) is 22.7. The molecule has 0 saturated carbocycles. The number of hydrogen-bond donors (Lipinski definition) is 0. The van der Waals surface area contributed by atoms with E-state index < -0.39 is 0 Å². The van der Waals surface area contributed by atoms with Crippen LogP contribution in [0.25, 0.3) is 0 Å². The Labute approximate surface area is 144 Å². The van der Waals surface area contributed by atoms with Gasteiger partial charge in [-0.1, -0.05) is 6.92 Å². The van der Waals surface area contributed by atoms with Crippen LogP contribution in [0.4, 0.5) is 0 Å². The number of carbonyl (C=O) groups excluding carboxylic acids is 2. The lowest BCUT2D eigenvalue weighted by Gasteiger charge is -2.39. The number of piperidine rings is 2. The summed E-state index contributed by atoms with van der Waals surface area (Å²) in [4.78, 5) is 29.7. The summed E-state index contributed by atoms with van der Waals surface area (Å²) < 4.78 is 5.51. The minimum atomic E-state index is -0.311. The Kier molecular flexibility index (Phi) is 4.97. The quantitative estimate of drug-likeness (QED) is 0.836. The van der Waals surface area contributed by atoms with Crippen LogP contribution in [0.15, 0.2) is 10.5 Å². The van der Waals surface area contributed by atoms with Crippen LogP contribution >= 0.6 is 0 Å². The molecule has 2 aliphatic heterocycles. The Balaban J connectivity index is 1.77. The molecule has 24 heavy (non-hydrogen) atoms. The standard InChI is InChI=1S/C19H28N2O3/c1-13-7-10-20(11-8-13)19(23)17-6-4-5-9-21(17)18(22)16-12-14(2)24-15(16)3/h12-13,17H,4-11H2,1-3H3/t17-/m0/s1. The third-order valence-corrected chi connectivity index (χ3v) is 5.42. The van der Waals surface area contributed by atoms with Gasteiger partial charge in [0.05, 0.1) is 5.56 Å². The first-order chi connectivity index (χ1) is 11.5. The fourth-order valence-electron chi connectivity index (χ4n) is 3.87. The van der Waals surface area contributed by atoms with E-state index in [0.29, 0.717) is 23.8 Å². The minimum absolute atomic E-state index is 0.0622. The second-order valence-electron chi connectivity index (χ2n) is 7.34. The molecule has 2 fully saturated rings. The van der Waals surface area contributed by atoms with Crippen molar-refractivity contribution in [2.24, 2.45) is 5.92 Å². The van der Waals surface area contributed by atoms with Crippen LogP contribution in [-0.4, -0.2) is 47.3 Å². The third-order valence-electron chi connectivity index (χ3n) is 5.42. The molecule has 2 aliphatic rings. The van der Waals surface area contributed by atoms with Crippen molar-refractivity contribution in [3.8, 4) is 0 Å². The van der Waals surface area contributed by atoms with Crippen LogP contribution in [-0.2, 0) is 4.79 Å². The fraction of sp³-hybridized carbons (Fsp3) is 0.684. The zero-order valence-electron chi connectivity index (χ0n) is 15.0. The second-order valence-corrected chi connectivity index (χ2v) is 7.34. The molecule has 132 valence electrons. The molecule has 1 atom stereocenters. The van der Waals surface area contributed by atoms with Gasteiger partial charge in [0.15, 0.2) is 0 Å². The van der Waals surface area contributed by atoms with Crippen molar-refractivity contribution in [1.82, 2.24) is 9.80 Å². The molecule has 0 aromatic carbocycles. The lowest BCUT2D eigenvalue weighted by atomic mass is 9.96. The Bertz CT molecular complexity index is 614. The number of carbonyl (C=O) groups is 2. The van der Waals surface area contributed by atoms with Crippen molar-refractivity contribution in [3.05, 3.63) is 23.2 Å². The number of nitrogens with zero attached hydrogens (tertiary/aromatic N) is 2. The van der Waals surface area contributed by atoms with E-state index in [0.717, 1.165) is 51.0 Å². The molecule has 0 unspecified atom stereocenters. The van der Waals surface area contributed by atoms with Crippen molar-refractivity contribution < 1.29 is 14.0 Å². The molecule has 3 heterocycles. The monoisotopic (exact) mass is 332 g/mol. The molecule has 0 radical (unpaired) electrons. The number of hydrogen-bond acceptors (Lipinski definition) is 3. The molecular formula is C19H28N2O3. The highest BCUT2D eigenvalue weighted by atomic mass is 16.3. The molecule has 5 heteroatoms. The Morgan fingerprint density at radius 3 is 2.42 bits per heavy atom. The molecule has 0 aliphatic carbocycles. The molecule has 1 aromatic heterocycles. The number of rotatable bonds is 2. The van der Waals surface area contributed by atoms with Crippen molar-refractivity contribution in [1.29, 1.82) is 0 Å². The summed E-state index contributed by atoms with van der Waals surface area (Å²) >= 11 is 0. The fourth-order valence-corrected chi connectivity index (χ4v) is 3.87. The maximum absolute atomic E-state index is 13.0. The van der Waals surface area contributed by atoms with Crippen molar-refractivity contribution in [2.75, 3.05) is 19.6 Å². The minimum Gasteiger partial charge on any atom is -0.466 e. The molecule has 3 rings (SSSR count). The highest BCUT2D eigenvalue weighted by Gasteiger charge is 2.36. The van der Waals surface area contributed by atoms with Crippen molar-refractivity contribution in [2.45, 2.75) is 58.9 Å². The maximum Gasteiger partial charge on any atom is 0.258 e. The van der Waals surface area contributed by atoms with Gasteiger partial charge in [0.2, 0.25) is 5.91 Å². The Morgan fingerprint density at radius 1 is 1.08 bits per heavy atom. The zero-order chi connectivity index (χ0) is 17.3. The first-order valence-electron chi connectivity index (χ1n) is 9.14. The van der Waals surface area contributed by atoms with Gasteiger partial charge in [-0.3, -0.25) is 9.59 Å². The summed E-state index contributed by atoms with van der Waals surface area (Å²) in [6.45, 7) is 8.20. The van der Waals surface area contributed by atoms with E-state index in [4.69, 9.17) is 4.42 Å². The van der Waals surface area contributed by atoms with E-state index >= 15 is 0 Å². The van der Waals surface area contributed by atoms with Gasteiger partial charge < -0.3 is 14.2 Å². The molecule has 5 nitrogen and oxygen atoms in total. The van der Waals surface area contributed by atoms with Gasteiger partial charge in [-0.15, -0.1) is 0 Å². The maximum atomic E-state index is 13.0. The first-order valence-corrected chi connectivity index (χ1v) is 9.14. The van der Waals surface area contributed by atoms with Gasteiger partial charge >= 0.3 is 0 Å². The lowest BCUT2D eigenvalue weighted by molar-refractivity contribution is -0.138. The SMILES string of the molecule is Cc1cc(C(=O)N2CCCC[C@H]2C(=O)N2CCC(C)CC2)c(C)o1. The topological polar surface area (TPSA) is 53.8 Å². The average molecular weight is 332 g/mol. The highest BCUT2D eigenvalue weighted by Crippen LogP contribution is 2.26. The summed E-state index contributed by atoms with van der Waals surface area (Å²) in [5.41, 5.74) is 0.597. The van der Waals surface area contributed by atoms with Gasteiger partial charge in [-0.25, -0.2) is 0 Å². The highest BCUT2D eigenvalue weighted by molar-refractivity contribution is 5.98. The van der Waals surface area contributed by atoms with E-state index in [2.05, 4.69) is 6.92 Å². The number of aryl methyl sites for hydroxylation is 2. The van der Waals surface area contributed by atoms with Crippen LogP contribution in [0.2, 0.25) is 0 Å². The molecule has 2 saturated heterocycles. The number of likely N-dealkylation sites (tertiary alicyclic amines) is 2. The first kappa shape index (κ1) is 17.1. The summed E-state index contributed by atoms with van der Waals surface area (Å²) in [5, 5.41) is 0. The van der Waals surface area contributed by atoms with Gasteiger partial charge in [0, 0.05) is 19.6 Å².